The van der Waals surface area contributed by atoms with Crippen LogP contribution in [0.2, 0.25) is 5.02 Å². The summed E-state index contributed by atoms with van der Waals surface area (Å²) in [6.07, 6.45) is 3.68. The first kappa shape index (κ1) is 13.4. The van der Waals surface area contributed by atoms with Crippen LogP contribution in [0.4, 0.5) is 0 Å². The molecular weight excluding hydrogens is 248 g/mol. The van der Waals surface area contributed by atoms with Crippen molar-refractivity contribution in [1.29, 1.82) is 0 Å². The van der Waals surface area contributed by atoms with E-state index < -0.39 is 0 Å². The van der Waals surface area contributed by atoms with Gasteiger partial charge in [-0.25, -0.2) is 5.43 Å². The molecule has 1 heterocycles. The zero-order valence-corrected chi connectivity index (χ0v) is 11.4. The van der Waals surface area contributed by atoms with Gasteiger partial charge in [0.25, 0.3) is 0 Å². The van der Waals surface area contributed by atoms with E-state index in [1.54, 1.807) is 5.01 Å². The maximum atomic E-state index is 11.8. The van der Waals surface area contributed by atoms with Gasteiger partial charge in [-0.2, -0.15) is 0 Å². The van der Waals surface area contributed by atoms with E-state index in [-0.39, 0.29) is 11.9 Å². The van der Waals surface area contributed by atoms with E-state index in [0.29, 0.717) is 6.42 Å². The van der Waals surface area contributed by atoms with Gasteiger partial charge in [0.15, 0.2) is 0 Å². The summed E-state index contributed by atoms with van der Waals surface area (Å²) in [5.74, 6) is 0.202. The van der Waals surface area contributed by atoms with Crippen LogP contribution < -0.4 is 5.43 Å². The first-order valence-corrected chi connectivity index (χ1v) is 6.90. The van der Waals surface area contributed by atoms with Crippen molar-refractivity contribution in [3.8, 4) is 0 Å². The molecule has 1 aliphatic rings. The number of rotatable bonds is 4. The van der Waals surface area contributed by atoms with Crippen molar-refractivity contribution in [1.82, 2.24) is 10.4 Å². The fraction of sp³-hybridized carbons (Fsp3) is 0.500. The normalized spacial score (nSPS) is 17.9. The molecule has 1 amide bonds. The third-order valence-electron chi connectivity index (χ3n) is 3.32. The number of nitrogens with zero attached hydrogens (tertiary/aromatic N) is 1. The molecule has 0 unspecified atom stereocenters. The zero-order valence-electron chi connectivity index (χ0n) is 10.7. The number of amides is 1. The second kappa shape index (κ2) is 6.21. The summed E-state index contributed by atoms with van der Waals surface area (Å²) in [6, 6.07) is 7.97. The van der Waals surface area contributed by atoms with Gasteiger partial charge in [0.1, 0.15) is 0 Å². The van der Waals surface area contributed by atoms with Crippen LogP contribution in [0.5, 0.6) is 0 Å². The van der Waals surface area contributed by atoms with Crippen LogP contribution in [-0.4, -0.2) is 17.5 Å². The standard InChI is InChI=1S/C14H19ClN2O/c1-2-13(11-6-8-12(15)9-7-11)16-17-10-4-3-5-14(17)18/h6-9,13,16H,2-5,10H2,1H3/t13-/m1/s1. The number of carbonyl (C=O) groups is 1. The molecule has 1 fully saturated rings. The lowest BCUT2D eigenvalue weighted by Gasteiger charge is -2.31. The Morgan fingerprint density at radius 2 is 2.06 bits per heavy atom. The van der Waals surface area contributed by atoms with Gasteiger partial charge in [0, 0.05) is 18.0 Å². The molecule has 0 radical (unpaired) electrons. The highest BCUT2D eigenvalue weighted by Crippen LogP contribution is 2.20. The van der Waals surface area contributed by atoms with Crippen molar-refractivity contribution in [2.75, 3.05) is 6.54 Å². The van der Waals surface area contributed by atoms with Crippen molar-refractivity contribution in [2.45, 2.75) is 38.6 Å². The van der Waals surface area contributed by atoms with Gasteiger partial charge in [0.05, 0.1) is 6.04 Å². The first-order chi connectivity index (χ1) is 8.70. The van der Waals surface area contributed by atoms with Gasteiger partial charge >= 0.3 is 0 Å². The Morgan fingerprint density at radius 1 is 1.33 bits per heavy atom. The molecule has 1 aromatic carbocycles. The van der Waals surface area contributed by atoms with Gasteiger partial charge < -0.3 is 0 Å². The molecule has 0 bridgehead atoms. The van der Waals surface area contributed by atoms with E-state index in [0.717, 1.165) is 30.8 Å². The van der Waals surface area contributed by atoms with E-state index in [4.69, 9.17) is 11.6 Å². The predicted molar refractivity (Wildman–Crippen MR) is 73.2 cm³/mol. The van der Waals surface area contributed by atoms with Crippen molar-refractivity contribution in [3.05, 3.63) is 34.9 Å². The fourth-order valence-corrected chi connectivity index (χ4v) is 2.35. The first-order valence-electron chi connectivity index (χ1n) is 6.52. The Balaban J connectivity index is 2.04. The average Bonchev–Trinajstić information content (AvgIpc) is 2.39. The van der Waals surface area contributed by atoms with E-state index in [1.807, 2.05) is 24.3 Å². The minimum Gasteiger partial charge on any atom is -0.277 e. The largest absolute Gasteiger partial charge is 0.277 e. The van der Waals surface area contributed by atoms with Crippen LogP contribution in [0, 0.1) is 0 Å². The molecule has 98 valence electrons. The highest BCUT2D eigenvalue weighted by Gasteiger charge is 2.21. The molecule has 1 saturated heterocycles. The second-order valence-electron chi connectivity index (χ2n) is 4.64. The maximum absolute atomic E-state index is 11.8. The molecular formula is C14H19ClN2O. The van der Waals surface area contributed by atoms with Crippen molar-refractivity contribution in [3.63, 3.8) is 0 Å². The molecule has 2 rings (SSSR count). The molecule has 4 heteroatoms. The predicted octanol–water partition coefficient (Wildman–Crippen LogP) is 3.31. The molecule has 0 saturated carbocycles. The van der Waals surface area contributed by atoms with E-state index >= 15 is 0 Å². The van der Waals surface area contributed by atoms with Gasteiger partial charge in [-0.1, -0.05) is 30.7 Å². The Labute approximate surface area is 113 Å². The number of piperidine rings is 1. The quantitative estimate of drug-likeness (QED) is 0.907. The van der Waals surface area contributed by atoms with E-state index in [2.05, 4.69) is 12.3 Å². The molecule has 0 aliphatic carbocycles. The maximum Gasteiger partial charge on any atom is 0.236 e. The lowest BCUT2D eigenvalue weighted by Crippen LogP contribution is -2.47. The molecule has 3 nitrogen and oxygen atoms in total. The summed E-state index contributed by atoms with van der Waals surface area (Å²) in [4.78, 5) is 11.8. The highest BCUT2D eigenvalue weighted by atomic mass is 35.5. The van der Waals surface area contributed by atoms with Gasteiger partial charge in [-0.15, -0.1) is 0 Å². The van der Waals surface area contributed by atoms with E-state index in [1.165, 1.54) is 5.56 Å². The van der Waals surface area contributed by atoms with Crippen LogP contribution in [0.1, 0.15) is 44.2 Å². The topological polar surface area (TPSA) is 32.3 Å². The number of hydrazine groups is 1. The van der Waals surface area contributed by atoms with Crippen LogP contribution in [0.3, 0.4) is 0 Å². The number of benzene rings is 1. The lowest BCUT2D eigenvalue weighted by molar-refractivity contribution is -0.137. The van der Waals surface area contributed by atoms with Crippen LogP contribution in [0.15, 0.2) is 24.3 Å². The third kappa shape index (κ3) is 3.24. The average molecular weight is 267 g/mol. The van der Waals surface area contributed by atoms with Crippen molar-refractivity contribution in [2.24, 2.45) is 0 Å². The summed E-state index contributed by atoms with van der Waals surface area (Å²) in [5.41, 5.74) is 4.50. The summed E-state index contributed by atoms with van der Waals surface area (Å²) in [6.45, 7) is 2.92. The smallest absolute Gasteiger partial charge is 0.236 e. The Bertz CT molecular complexity index is 405. The minimum absolute atomic E-state index is 0.171. The van der Waals surface area contributed by atoms with Crippen LogP contribution >= 0.6 is 11.6 Å². The number of carbonyl (C=O) groups excluding carboxylic acids is 1. The van der Waals surface area contributed by atoms with Gasteiger partial charge in [-0.3, -0.25) is 9.80 Å². The lowest BCUT2D eigenvalue weighted by atomic mass is 10.1. The summed E-state index contributed by atoms with van der Waals surface area (Å²) in [5, 5.41) is 2.51. The Kier molecular flexibility index (Phi) is 4.61. The molecule has 1 N–H and O–H groups in total. The number of nitrogens with one attached hydrogen (secondary N) is 1. The fourth-order valence-electron chi connectivity index (χ4n) is 2.23. The SMILES string of the molecule is CC[C@@H](NN1CCCCC1=O)c1ccc(Cl)cc1. The number of hydrogen-bond acceptors (Lipinski definition) is 2. The summed E-state index contributed by atoms with van der Waals surface area (Å²) < 4.78 is 0. The molecule has 1 atom stereocenters. The molecule has 0 spiro atoms. The molecule has 0 aromatic heterocycles. The second-order valence-corrected chi connectivity index (χ2v) is 5.08. The molecule has 1 aromatic rings. The number of halogens is 1. The number of hydrogen-bond donors (Lipinski definition) is 1. The van der Waals surface area contributed by atoms with Crippen molar-refractivity contribution >= 4 is 17.5 Å². The van der Waals surface area contributed by atoms with Gasteiger partial charge in [0.2, 0.25) is 5.91 Å². The van der Waals surface area contributed by atoms with Crippen LogP contribution in [-0.2, 0) is 4.79 Å². The Hall–Kier alpha value is -1.06. The zero-order chi connectivity index (χ0) is 13.0. The minimum atomic E-state index is 0.171. The van der Waals surface area contributed by atoms with Crippen molar-refractivity contribution < 1.29 is 4.79 Å². The summed E-state index contributed by atoms with van der Waals surface area (Å²) in [7, 11) is 0. The third-order valence-corrected chi connectivity index (χ3v) is 3.57. The molecule has 1 aliphatic heterocycles. The monoisotopic (exact) mass is 266 g/mol. The highest BCUT2D eigenvalue weighted by molar-refractivity contribution is 6.30. The van der Waals surface area contributed by atoms with Gasteiger partial charge in [-0.05, 0) is 37.0 Å². The summed E-state index contributed by atoms with van der Waals surface area (Å²) >= 11 is 5.89. The molecule has 18 heavy (non-hydrogen) atoms. The van der Waals surface area contributed by atoms with E-state index in [9.17, 15) is 4.79 Å². The van der Waals surface area contributed by atoms with Crippen LogP contribution in [0.25, 0.3) is 0 Å². The Morgan fingerprint density at radius 3 is 2.67 bits per heavy atom.